The van der Waals surface area contributed by atoms with Crippen LogP contribution in [-0.2, 0) is 4.79 Å². The van der Waals surface area contributed by atoms with Crippen molar-refractivity contribution in [1.29, 1.82) is 0 Å². The number of carbonyl (C=O) groups excluding carboxylic acids is 1. The Morgan fingerprint density at radius 3 is 2.53 bits per heavy atom. The number of piperazine rings is 1. The van der Waals surface area contributed by atoms with Gasteiger partial charge >= 0.3 is 0 Å². The molecule has 162 valence electrons. The number of carbonyl (C=O) groups is 1. The molecule has 0 unspecified atom stereocenters. The average molecular weight is 430 g/mol. The van der Waals surface area contributed by atoms with Crippen LogP contribution in [0, 0.1) is 10.1 Å². The number of anilines is 1. The number of hydrogen-bond acceptors (Lipinski definition) is 7. The van der Waals surface area contributed by atoms with Crippen LogP contribution < -0.4 is 4.90 Å². The second kappa shape index (κ2) is 8.01. The van der Waals surface area contributed by atoms with Crippen LogP contribution in [-0.4, -0.2) is 71.9 Å². The van der Waals surface area contributed by atoms with Crippen molar-refractivity contribution in [2.45, 2.75) is 0 Å². The monoisotopic (exact) mass is 430 g/mol. The number of aliphatic imine (C=N–C) groups is 2. The smallest absolute Gasteiger partial charge is 0.284 e. The highest BCUT2D eigenvalue weighted by Gasteiger charge is 2.36. The van der Waals surface area contributed by atoms with Gasteiger partial charge in [-0.05, 0) is 13.1 Å². The summed E-state index contributed by atoms with van der Waals surface area (Å²) in [7, 11) is 2.08. The van der Waals surface area contributed by atoms with E-state index in [1.165, 1.54) is 12.1 Å². The van der Waals surface area contributed by atoms with Crippen LogP contribution in [0.5, 0.6) is 0 Å². The number of non-ortho nitro benzene ring substituents is 1. The Morgan fingerprint density at radius 1 is 1.06 bits per heavy atom. The molecule has 0 radical (unpaired) electrons. The summed E-state index contributed by atoms with van der Waals surface area (Å²) in [5, 5.41) is 11.4. The number of likely N-dealkylation sites (N-methyl/N-ethyl adjacent to an activating group) is 1. The van der Waals surface area contributed by atoms with E-state index in [4.69, 9.17) is 4.99 Å². The fraction of sp³-hybridized carbons (Fsp3) is 0.261. The van der Waals surface area contributed by atoms with Crippen molar-refractivity contribution in [3.63, 3.8) is 0 Å². The average Bonchev–Trinajstić information content (AvgIpc) is 3.01. The largest absolute Gasteiger partial charge is 0.373 e. The van der Waals surface area contributed by atoms with Gasteiger partial charge in [0.05, 0.1) is 22.9 Å². The Hall–Kier alpha value is -3.85. The van der Waals surface area contributed by atoms with Crippen molar-refractivity contribution >= 4 is 28.8 Å². The minimum Gasteiger partial charge on any atom is -0.373 e. The van der Waals surface area contributed by atoms with Gasteiger partial charge in [0.1, 0.15) is 11.5 Å². The van der Waals surface area contributed by atoms with Gasteiger partial charge < -0.3 is 9.80 Å². The summed E-state index contributed by atoms with van der Waals surface area (Å²) in [5.41, 5.74) is 2.86. The standard InChI is InChI=1S/C23H22N6O3/c1-26-9-11-27(12-10-26)15-19-23(30)28-20-8-7-17(29(31)32)13-18(20)22(24-14-21(28)25-19)16-5-3-2-4-6-16/h2-8,13,15H,9-12,14H2,1H3/b19-15-. The summed E-state index contributed by atoms with van der Waals surface area (Å²) in [6, 6.07) is 14.0. The molecule has 0 aliphatic carbocycles. The van der Waals surface area contributed by atoms with Crippen LogP contribution in [0.1, 0.15) is 11.1 Å². The summed E-state index contributed by atoms with van der Waals surface area (Å²) in [5.74, 6) is 0.287. The Kier molecular flexibility index (Phi) is 5.02. The van der Waals surface area contributed by atoms with Gasteiger partial charge in [-0.1, -0.05) is 30.3 Å². The van der Waals surface area contributed by atoms with Crippen LogP contribution in [0.25, 0.3) is 0 Å². The Bertz CT molecular complexity index is 1180. The second-order valence-electron chi connectivity index (χ2n) is 8.01. The van der Waals surface area contributed by atoms with E-state index in [-0.39, 0.29) is 18.1 Å². The maximum atomic E-state index is 13.4. The second-order valence-corrected chi connectivity index (χ2v) is 8.01. The number of amidine groups is 1. The molecule has 3 heterocycles. The third kappa shape index (κ3) is 3.56. The van der Waals surface area contributed by atoms with Crippen molar-refractivity contribution in [2.75, 3.05) is 44.7 Å². The molecular formula is C23H22N6O3. The van der Waals surface area contributed by atoms with E-state index >= 15 is 0 Å². The van der Waals surface area contributed by atoms with Crippen LogP contribution in [0.3, 0.4) is 0 Å². The van der Waals surface area contributed by atoms with Crippen molar-refractivity contribution in [3.8, 4) is 0 Å². The van der Waals surface area contributed by atoms with Crippen molar-refractivity contribution in [3.05, 3.63) is 81.7 Å². The van der Waals surface area contributed by atoms with Crippen molar-refractivity contribution in [1.82, 2.24) is 9.80 Å². The molecule has 0 N–H and O–H groups in total. The number of hydrogen-bond donors (Lipinski definition) is 0. The molecule has 0 atom stereocenters. The Morgan fingerprint density at radius 2 is 1.81 bits per heavy atom. The van der Waals surface area contributed by atoms with E-state index in [1.807, 2.05) is 36.5 Å². The Labute approximate surface area is 185 Å². The predicted molar refractivity (Wildman–Crippen MR) is 122 cm³/mol. The minimum absolute atomic E-state index is 0.0485. The van der Waals surface area contributed by atoms with Gasteiger partial charge in [-0.25, -0.2) is 4.99 Å². The van der Waals surface area contributed by atoms with Crippen molar-refractivity contribution < 1.29 is 9.72 Å². The van der Waals surface area contributed by atoms with Gasteiger partial charge in [0, 0.05) is 55.6 Å². The first-order valence-corrected chi connectivity index (χ1v) is 10.5. The fourth-order valence-electron chi connectivity index (χ4n) is 4.13. The van der Waals surface area contributed by atoms with Crippen molar-refractivity contribution in [2.24, 2.45) is 9.98 Å². The lowest BCUT2D eigenvalue weighted by Gasteiger charge is -2.31. The van der Waals surface area contributed by atoms with Gasteiger partial charge in [0.15, 0.2) is 0 Å². The molecule has 0 spiro atoms. The van der Waals surface area contributed by atoms with E-state index in [9.17, 15) is 14.9 Å². The number of nitro benzene ring substituents is 1. The first-order chi connectivity index (χ1) is 15.5. The van der Waals surface area contributed by atoms with Gasteiger partial charge in [0.2, 0.25) is 0 Å². The maximum Gasteiger partial charge on any atom is 0.284 e. The van der Waals surface area contributed by atoms with E-state index in [0.717, 1.165) is 31.7 Å². The van der Waals surface area contributed by atoms with E-state index in [0.29, 0.717) is 28.5 Å². The summed E-state index contributed by atoms with van der Waals surface area (Å²) < 4.78 is 0. The third-order valence-corrected chi connectivity index (χ3v) is 5.89. The van der Waals surface area contributed by atoms with E-state index < -0.39 is 4.92 Å². The van der Waals surface area contributed by atoms with Gasteiger partial charge in [0.25, 0.3) is 11.6 Å². The zero-order valence-corrected chi connectivity index (χ0v) is 17.6. The molecule has 5 rings (SSSR count). The topological polar surface area (TPSA) is 94.7 Å². The molecular weight excluding hydrogens is 408 g/mol. The number of fused-ring (bicyclic) bond motifs is 3. The first kappa shape index (κ1) is 20.1. The molecule has 2 aromatic rings. The highest BCUT2D eigenvalue weighted by molar-refractivity contribution is 6.32. The zero-order valence-electron chi connectivity index (χ0n) is 17.6. The van der Waals surface area contributed by atoms with Crippen LogP contribution >= 0.6 is 0 Å². The van der Waals surface area contributed by atoms with Gasteiger partial charge in [-0.2, -0.15) is 0 Å². The molecule has 32 heavy (non-hydrogen) atoms. The number of benzene rings is 2. The summed E-state index contributed by atoms with van der Waals surface area (Å²) >= 11 is 0. The number of amides is 1. The first-order valence-electron chi connectivity index (χ1n) is 10.5. The number of rotatable bonds is 3. The molecule has 2 aromatic carbocycles. The number of nitrogens with zero attached hydrogens (tertiary/aromatic N) is 6. The Balaban J connectivity index is 1.58. The summed E-state index contributed by atoms with van der Waals surface area (Å²) in [4.78, 5) is 39.6. The summed E-state index contributed by atoms with van der Waals surface area (Å²) in [6.07, 6.45) is 1.82. The van der Waals surface area contributed by atoms with Crippen LogP contribution in [0.4, 0.5) is 11.4 Å². The molecule has 0 aromatic heterocycles. The molecule has 1 saturated heterocycles. The highest BCUT2D eigenvalue weighted by Crippen LogP contribution is 2.34. The highest BCUT2D eigenvalue weighted by atomic mass is 16.6. The lowest BCUT2D eigenvalue weighted by molar-refractivity contribution is -0.384. The van der Waals surface area contributed by atoms with Gasteiger partial charge in [-0.3, -0.25) is 24.8 Å². The quantitative estimate of drug-likeness (QED) is 0.423. The van der Waals surface area contributed by atoms with Gasteiger partial charge in [-0.15, -0.1) is 0 Å². The van der Waals surface area contributed by atoms with Crippen LogP contribution in [0.15, 0.2) is 70.4 Å². The van der Waals surface area contributed by atoms with E-state index in [2.05, 4.69) is 21.8 Å². The molecule has 9 heteroatoms. The maximum absolute atomic E-state index is 13.4. The number of nitro groups is 1. The fourth-order valence-corrected chi connectivity index (χ4v) is 4.13. The molecule has 3 aliphatic rings. The predicted octanol–water partition coefficient (Wildman–Crippen LogP) is 2.28. The normalized spacial score (nSPS) is 19.9. The summed E-state index contributed by atoms with van der Waals surface area (Å²) in [6.45, 7) is 3.72. The molecule has 1 amide bonds. The molecule has 1 fully saturated rings. The van der Waals surface area contributed by atoms with Crippen LogP contribution in [0.2, 0.25) is 0 Å². The van der Waals surface area contributed by atoms with E-state index in [1.54, 1.807) is 11.0 Å². The molecule has 0 bridgehead atoms. The third-order valence-electron chi connectivity index (χ3n) is 5.89. The zero-order chi connectivity index (χ0) is 22.2. The molecule has 0 saturated carbocycles. The molecule has 3 aliphatic heterocycles. The lowest BCUT2D eigenvalue weighted by Crippen LogP contribution is -2.42. The lowest BCUT2D eigenvalue weighted by atomic mass is 9.99. The SMILES string of the molecule is CN1CCN(/C=C2\N=C3CN=C(c4ccccc4)c4cc([N+](=O)[O-])ccc4N3C2=O)CC1. The minimum atomic E-state index is -0.437. The molecule has 9 nitrogen and oxygen atoms in total.